The van der Waals surface area contributed by atoms with Gasteiger partial charge in [0.25, 0.3) is 5.91 Å². The van der Waals surface area contributed by atoms with Crippen LogP contribution in [0.5, 0.6) is 0 Å². The van der Waals surface area contributed by atoms with Crippen LogP contribution in [0, 0.1) is 6.92 Å². The molecule has 0 radical (unpaired) electrons. The average Bonchev–Trinajstić information content (AvgIpc) is 3.36. The van der Waals surface area contributed by atoms with Gasteiger partial charge in [0.1, 0.15) is 11.6 Å². The quantitative estimate of drug-likeness (QED) is 0.565. The second-order valence-electron chi connectivity index (χ2n) is 6.15. The number of rotatable bonds is 5. The Morgan fingerprint density at radius 1 is 1.11 bits per heavy atom. The maximum atomic E-state index is 12.5. The number of aromatic nitrogens is 5. The predicted molar refractivity (Wildman–Crippen MR) is 106 cm³/mol. The second kappa shape index (κ2) is 7.66. The Morgan fingerprint density at radius 3 is 2.75 bits per heavy atom. The van der Waals surface area contributed by atoms with Gasteiger partial charge >= 0.3 is 0 Å². The number of para-hydroxylation sites is 1. The van der Waals surface area contributed by atoms with Crippen LogP contribution in [0.25, 0.3) is 11.5 Å². The lowest BCUT2D eigenvalue weighted by atomic mass is 10.2. The fourth-order valence-electron chi connectivity index (χ4n) is 2.81. The maximum absolute atomic E-state index is 12.5. The molecule has 0 spiro atoms. The first kappa shape index (κ1) is 17.9. The highest BCUT2D eigenvalue weighted by Crippen LogP contribution is 2.19. The molecule has 3 heterocycles. The van der Waals surface area contributed by atoms with Gasteiger partial charge in [-0.3, -0.25) is 9.36 Å². The molecule has 140 valence electrons. The third kappa shape index (κ3) is 3.65. The number of nitrogens with zero attached hydrogens (tertiary/aromatic N) is 5. The normalized spacial score (nSPS) is 10.8. The fraction of sp³-hybridized carbons (Fsp3) is 0.100. The predicted octanol–water partition coefficient (Wildman–Crippen LogP) is 3.34. The number of halogens is 1. The van der Waals surface area contributed by atoms with Crippen molar-refractivity contribution in [2.45, 2.75) is 13.5 Å². The van der Waals surface area contributed by atoms with Crippen LogP contribution < -0.4 is 5.32 Å². The molecule has 4 aromatic rings. The fourth-order valence-corrected chi connectivity index (χ4v) is 3.03. The molecular formula is C20H17ClN6O. The first-order valence-electron chi connectivity index (χ1n) is 8.66. The highest BCUT2D eigenvalue weighted by Gasteiger charge is 2.12. The number of aryl methyl sites for hydroxylation is 1. The van der Waals surface area contributed by atoms with Gasteiger partial charge in [0, 0.05) is 31.3 Å². The van der Waals surface area contributed by atoms with E-state index in [0.29, 0.717) is 17.3 Å². The van der Waals surface area contributed by atoms with E-state index in [1.807, 2.05) is 48.0 Å². The van der Waals surface area contributed by atoms with Crippen LogP contribution in [0.4, 0.5) is 0 Å². The molecule has 0 aliphatic carbocycles. The summed E-state index contributed by atoms with van der Waals surface area (Å²) >= 11 is 6.18. The molecule has 0 atom stereocenters. The number of carbonyl (C=O) groups is 1. The molecule has 28 heavy (non-hydrogen) atoms. The number of imidazole rings is 1. The molecule has 1 aromatic carbocycles. The van der Waals surface area contributed by atoms with E-state index in [1.165, 1.54) is 0 Å². The minimum atomic E-state index is -0.261. The molecule has 0 aliphatic heterocycles. The zero-order valence-electron chi connectivity index (χ0n) is 15.1. The van der Waals surface area contributed by atoms with Crippen LogP contribution >= 0.6 is 11.6 Å². The van der Waals surface area contributed by atoms with Crippen LogP contribution in [0.2, 0.25) is 5.02 Å². The number of benzene rings is 1. The smallest absolute Gasteiger partial charge is 0.272 e. The summed E-state index contributed by atoms with van der Waals surface area (Å²) in [4.78, 5) is 21.0. The number of hydrogen-bond acceptors (Lipinski definition) is 4. The molecule has 7 nitrogen and oxygen atoms in total. The van der Waals surface area contributed by atoms with Gasteiger partial charge in [-0.1, -0.05) is 23.7 Å². The molecule has 0 unspecified atom stereocenters. The van der Waals surface area contributed by atoms with Crippen LogP contribution in [0.15, 0.2) is 67.3 Å². The molecule has 1 N–H and O–H groups in total. The van der Waals surface area contributed by atoms with Crippen molar-refractivity contribution in [2.24, 2.45) is 0 Å². The van der Waals surface area contributed by atoms with E-state index in [-0.39, 0.29) is 5.91 Å². The first-order valence-corrected chi connectivity index (χ1v) is 9.03. The third-order valence-corrected chi connectivity index (χ3v) is 4.58. The van der Waals surface area contributed by atoms with Crippen molar-refractivity contribution in [1.82, 2.24) is 29.6 Å². The topological polar surface area (TPSA) is 77.6 Å². The summed E-state index contributed by atoms with van der Waals surface area (Å²) in [6.45, 7) is 2.27. The van der Waals surface area contributed by atoms with Gasteiger partial charge in [-0.15, -0.1) is 0 Å². The van der Waals surface area contributed by atoms with Gasteiger partial charge in [0.15, 0.2) is 5.69 Å². The average molecular weight is 393 g/mol. The summed E-state index contributed by atoms with van der Waals surface area (Å²) in [6, 6.07) is 12.8. The molecule has 0 saturated heterocycles. The number of amides is 1. The Kier molecular flexibility index (Phi) is 4.90. The standard InChI is InChI=1S/C20H17ClN6O/c1-14-22-9-11-26(14)19-12-15(6-8-23-19)13-24-20(28)17-7-10-27(25-17)18-5-3-2-4-16(18)21/h2-12H,13H2,1H3,(H,24,28). The van der Waals surface area contributed by atoms with Gasteiger partial charge in [-0.25, -0.2) is 14.6 Å². The Bertz CT molecular complexity index is 1130. The minimum absolute atomic E-state index is 0.261. The van der Waals surface area contributed by atoms with Crippen molar-refractivity contribution in [3.05, 3.63) is 89.4 Å². The third-order valence-electron chi connectivity index (χ3n) is 4.26. The Morgan fingerprint density at radius 2 is 1.96 bits per heavy atom. The Labute approximate surface area is 166 Å². The zero-order valence-corrected chi connectivity index (χ0v) is 15.8. The summed E-state index contributed by atoms with van der Waals surface area (Å²) in [5.74, 6) is 1.34. The van der Waals surface area contributed by atoms with E-state index in [0.717, 1.165) is 22.9 Å². The van der Waals surface area contributed by atoms with E-state index < -0.39 is 0 Å². The summed E-state index contributed by atoms with van der Waals surface area (Å²) in [7, 11) is 0. The zero-order chi connectivity index (χ0) is 19.5. The molecule has 1 amide bonds. The highest BCUT2D eigenvalue weighted by atomic mass is 35.5. The van der Waals surface area contributed by atoms with Crippen molar-refractivity contribution in [1.29, 1.82) is 0 Å². The van der Waals surface area contributed by atoms with E-state index >= 15 is 0 Å². The van der Waals surface area contributed by atoms with E-state index in [1.54, 1.807) is 35.4 Å². The summed E-state index contributed by atoms with van der Waals surface area (Å²) in [5, 5.41) is 7.77. The Balaban J connectivity index is 1.46. The van der Waals surface area contributed by atoms with Gasteiger partial charge < -0.3 is 5.32 Å². The molecule has 3 aromatic heterocycles. The minimum Gasteiger partial charge on any atom is -0.347 e. The van der Waals surface area contributed by atoms with Crippen molar-refractivity contribution >= 4 is 17.5 Å². The van der Waals surface area contributed by atoms with Crippen LogP contribution in [0.1, 0.15) is 21.9 Å². The molecule has 8 heteroatoms. The van der Waals surface area contributed by atoms with Crippen molar-refractivity contribution in [3.8, 4) is 11.5 Å². The van der Waals surface area contributed by atoms with Gasteiger partial charge in [-0.2, -0.15) is 5.10 Å². The van der Waals surface area contributed by atoms with Gasteiger partial charge in [0.2, 0.25) is 0 Å². The molecule has 0 aliphatic rings. The van der Waals surface area contributed by atoms with E-state index in [2.05, 4.69) is 20.4 Å². The van der Waals surface area contributed by atoms with Crippen molar-refractivity contribution < 1.29 is 4.79 Å². The largest absolute Gasteiger partial charge is 0.347 e. The first-order chi connectivity index (χ1) is 13.6. The van der Waals surface area contributed by atoms with Gasteiger partial charge in [-0.05, 0) is 42.8 Å². The number of nitrogens with one attached hydrogen (secondary N) is 1. The van der Waals surface area contributed by atoms with E-state index in [9.17, 15) is 4.79 Å². The lowest BCUT2D eigenvalue weighted by molar-refractivity contribution is 0.0945. The van der Waals surface area contributed by atoms with Crippen molar-refractivity contribution in [3.63, 3.8) is 0 Å². The summed E-state index contributed by atoms with van der Waals surface area (Å²) in [6.07, 6.45) is 6.99. The molecule has 0 fully saturated rings. The second-order valence-corrected chi connectivity index (χ2v) is 6.55. The van der Waals surface area contributed by atoms with Crippen molar-refractivity contribution in [2.75, 3.05) is 0 Å². The molecule has 4 rings (SSSR count). The van der Waals surface area contributed by atoms with Crippen LogP contribution in [-0.4, -0.2) is 30.2 Å². The maximum Gasteiger partial charge on any atom is 0.272 e. The molecular weight excluding hydrogens is 376 g/mol. The summed E-state index contributed by atoms with van der Waals surface area (Å²) in [5.41, 5.74) is 1.97. The highest BCUT2D eigenvalue weighted by molar-refractivity contribution is 6.32. The monoisotopic (exact) mass is 392 g/mol. The molecule has 0 saturated carbocycles. The Hall–Kier alpha value is -3.45. The number of hydrogen-bond donors (Lipinski definition) is 1. The summed E-state index contributed by atoms with van der Waals surface area (Å²) < 4.78 is 3.47. The SMILES string of the molecule is Cc1nccn1-c1cc(CNC(=O)c2ccn(-c3ccccc3Cl)n2)ccn1. The lowest BCUT2D eigenvalue weighted by Gasteiger charge is -2.08. The van der Waals surface area contributed by atoms with Crippen LogP contribution in [-0.2, 0) is 6.54 Å². The van der Waals surface area contributed by atoms with Gasteiger partial charge in [0.05, 0.1) is 10.7 Å². The van der Waals surface area contributed by atoms with Crippen LogP contribution in [0.3, 0.4) is 0 Å². The number of carbonyl (C=O) groups excluding carboxylic acids is 1. The molecule has 0 bridgehead atoms. The lowest BCUT2D eigenvalue weighted by Crippen LogP contribution is -2.23. The van der Waals surface area contributed by atoms with E-state index in [4.69, 9.17) is 11.6 Å². The number of pyridine rings is 1.